The van der Waals surface area contributed by atoms with E-state index in [0.717, 1.165) is 0 Å². The number of hydrogen-bond donors (Lipinski definition) is 1. The van der Waals surface area contributed by atoms with Crippen LogP contribution in [0.25, 0.3) is 0 Å². The van der Waals surface area contributed by atoms with Gasteiger partial charge in [0.2, 0.25) is 0 Å². The molecule has 78 valence electrons. The Hall–Kier alpha value is -0.550. The summed E-state index contributed by atoms with van der Waals surface area (Å²) in [6, 6.07) is 5.18. The molecule has 1 amide bonds. The van der Waals surface area contributed by atoms with Crippen molar-refractivity contribution in [3.8, 4) is 0 Å². The summed E-state index contributed by atoms with van der Waals surface area (Å²) < 4.78 is 0. The summed E-state index contributed by atoms with van der Waals surface area (Å²) in [5.74, 6) is -0.342. The molecule has 0 saturated carbocycles. The monoisotopic (exact) mass is 260 g/mol. The first-order valence-electron chi connectivity index (χ1n) is 4.09. The second-order valence-electron chi connectivity index (χ2n) is 2.90. The van der Waals surface area contributed by atoms with E-state index in [1.807, 2.05) is 0 Å². The average molecular weight is 261 g/mol. The fourth-order valence-electron chi connectivity index (χ4n) is 1.15. The number of thioether (sulfide) groups is 1. The Labute approximate surface area is 101 Å². The molecule has 1 aromatic carbocycles. The fraction of sp³-hybridized carbons (Fsp3) is 0.111. The molecule has 0 bridgehead atoms. The van der Waals surface area contributed by atoms with E-state index in [2.05, 4.69) is 4.99 Å². The van der Waals surface area contributed by atoms with Gasteiger partial charge in [0.05, 0.1) is 10.0 Å². The van der Waals surface area contributed by atoms with Gasteiger partial charge in [0.1, 0.15) is 10.4 Å². The zero-order valence-electron chi connectivity index (χ0n) is 7.41. The topological polar surface area (TPSA) is 55.4 Å². The van der Waals surface area contributed by atoms with Crippen LogP contribution < -0.4 is 5.73 Å². The van der Waals surface area contributed by atoms with Crippen LogP contribution in [0.3, 0.4) is 0 Å². The van der Waals surface area contributed by atoms with Crippen LogP contribution >= 0.6 is 35.0 Å². The number of carbonyl (C=O) groups is 1. The highest BCUT2D eigenvalue weighted by atomic mass is 35.5. The van der Waals surface area contributed by atoms with Crippen molar-refractivity contribution in [1.29, 1.82) is 0 Å². The van der Waals surface area contributed by atoms with Crippen molar-refractivity contribution < 1.29 is 4.79 Å². The molecule has 0 saturated heterocycles. The minimum Gasteiger partial charge on any atom is -0.311 e. The smallest absolute Gasteiger partial charge is 0.274 e. The Bertz CT molecular complexity index is 461. The maximum atomic E-state index is 11.1. The van der Waals surface area contributed by atoms with Gasteiger partial charge in [-0.2, -0.15) is 0 Å². The molecule has 6 heteroatoms. The van der Waals surface area contributed by atoms with Crippen molar-refractivity contribution in [2.24, 2.45) is 10.7 Å². The lowest BCUT2D eigenvalue weighted by molar-refractivity contribution is -0.117. The van der Waals surface area contributed by atoms with Crippen molar-refractivity contribution in [2.45, 2.75) is 5.37 Å². The molecule has 0 aliphatic carbocycles. The Morgan fingerprint density at radius 3 is 2.73 bits per heavy atom. The Balaban J connectivity index is 2.44. The third-order valence-electron chi connectivity index (χ3n) is 1.88. The van der Waals surface area contributed by atoms with Crippen LogP contribution in [0.4, 0.5) is 0 Å². The third kappa shape index (κ3) is 2.03. The average Bonchev–Trinajstić information content (AvgIpc) is 2.51. The predicted octanol–water partition coefficient (Wildman–Crippen LogP) is 2.30. The number of halogens is 2. The van der Waals surface area contributed by atoms with Crippen LogP contribution in [-0.4, -0.2) is 16.3 Å². The summed E-state index contributed by atoms with van der Waals surface area (Å²) >= 11 is 13.0. The van der Waals surface area contributed by atoms with E-state index in [-0.39, 0.29) is 5.91 Å². The van der Waals surface area contributed by atoms with Gasteiger partial charge in [-0.25, -0.2) is 4.99 Å². The highest BCUT2D eigenvalue weighted by molar-refractivity contribution is 8.16. The second kappa shape index (κ2) is 4.14. The van der Waals surface area contributed by atoms with Gasteiger partial charge < -0.3 is 5.73 Å². The highest BCUT2D eigenvalue weighted by Gasteiger charge is 2.26. The van der Waals surface area contributed by atoms with E-state index >= 15 is 0 Å². The van der Waals surface area contributed by atoms with Crippen LogP contribution in [0.15, 0.2) is 23.2 Å². The number of amides is 1. The predicted molar refractivity (Wildman–Crippen MR) is 63.6 cm³/mol. The highest BCUT2D eigenvalue weighted by Crippen LogP contribution is 2.32. The Morgan fingerprint density at radius 1 is 1.40 bits per heavy atom. The van der Waals surface area contributed by atoms with Crippen LogP contribution in [-0.2, 0) is 4.79 Å². The van der Waals surface area contributed by atoms with Gasteiger partial charge in [0.25, 0.3) is 5.91 Å². The fourth-order valence-corrected chi connectivity index (χ4v) is 2.43. The van der Waals surface area contributed by atoms with Crippen molar-refractivity contribution in [3.05, 3.63) is 33.8 Å². The first-order valence-corrected chi connectivity index (χ1v) is 5.72. The molecule has 0 spiro atoms. The number of rotatable bonds is 1. The SMILES string of the molecule is NC1SC(c2cccc(Cl)c2Cl)=NC1=O. The maximum Gasteiger partial charge on any atom is 0.274 e. The number of aliphatic imine (C=N–C) groups is 1. The lowest BCUT2D eigenvalue weighted by Crippen LogP contribution is -2.21. The lowest BCUT2D eigenvalue weighted by Gasteiger charge is -2.04. The second-order valence-corrected chi connectivity index (χ2v) is 4.81. The largest absolute Gasteiger partial charge is 0.311 e. The van der Waals surface area contributed by atoms with E-state index in [1.165, 1.54) is 11.8 Å². The summed E-state index contributed by atoms with van der Waals surface area (Å²) in [5.41, 5.74) is 6.17. The number of hydrogen-bond acceptors (Lipinski definition) is 3. The molecule has 1 atom stereocenters. The molecule has 1 aromatic rings. The van der Waals surface area contributed by atoms with Gasteiger partial charge in [-0.05, 0) is 6.07 Å². The van der Waals surface area contributed by atoms with Crippen LogP contribution in [0.1, 0.15) is 5.56 Å². The van der Waals surface area contributed by atoms with E-state index in [0.29, 0.717) is 20.7 Å². The normalized spacial score (nSPS) is 20.6. The van der Waals surface area contributed by atoms with Gasteiger partial charge in [0.15, 0.2) is 0 Å². The molecule has 0 aromatic heterocycles. The van der Waals surface area contributed by atoms with Crippen molar-refractivity contribution in [3.63, 3.8) is 0 Å². The molecular weight excluding hydrogens is 255 g/mol. The minimum atomic E-state index is -0.630. The first kappa shape index (κ1) is 11.0. The molecule has 3 nitrogen and oxygen atoms in total. The van der Waals surface area contributed by atoms with Crippen molar-refractivity contribution in [2.75, 3.05) is 0 Å². The van der Waals surface area contributed by atoms with E-state index in [9.17, 15) is 4.79 Å². The molecular formula is C9H6Cl2N2OS. The third-order valence-corrected chi connectivity index (χ3v) is 3.68. The van der Waals surface area contributed by atoms with Crippen LogP contribution in [0.5, 0.6) is 0 Å². The number of benzene rings is 1. The zero-order valence-corrected chi connectivity index (χ0v) is 9.73. The van der Waals surface area contributed by atoms with Gasteiger partial charge >= 0.3 is 0 Å². The molecule has 1 aliphatic heterocycles. The zero-order chi connectivity index (χ0) is 11.0. The quantitative estimate of drug-likeness (QED) is 0.843. The van der Waals surface area contributed by atoms with Crippen LogP contribution in [0.2, 0.25) is 10.0 Å². The van der Waals surface area contributed by atoms with E-state index < -0.39 is 5.37 Å². The minimum absolute atomic E-state index is 0.342. The molecule has 1 aliphatic rings. The summed E-state index contributed by atoms with van der Waals surface area (Å²) in [5, 5.41) is 0.729. The van der Waals surface area contributed by atoms with Crippen molar-refractivity contribution in [1.82, 2.24) is 0 Å². The summed E-state index contributed by atoms with van der Waals surface area (Å²) in [6.45, 7) is 0. The Morgan fingerprint density at radius 2 is 2.13 bits per heavy atom. The molecule has 0 fully saturated rings. The summed E-state index contributed by atoms with van der Waals surface area (Å²) in [6.07, 6.45) is 0. The van der Waals surface area contributed by atoms with E-state index in [4.69, 9.17) is 28.9 Å². The van der Waals surface area contributed by atoms with E-state index in [1.54, 1.807) is 18.2 Å². The van der Waals surface area contributed by atoms with Gasteiger partial charge in [-0.15, -0.1) is 0 Å². The number of nitrogens with zero attached hydrogens (tertiary/aromatic N) is 1. The maximum absolute atomic E-state index is 11.1. The molecule has 1 heterocycles. The molecule has 2 rings (SSSR count). The van der Waals surface area contributed by atoms with Gasteiger partial charge in [0, 0.05) is 5.56 Å². The standard InChI is InChI=1S/C9H6Cl2N2OS/c10-5-3-1-2-4(6(5)11)9-13-8(14)7(12)15-9/h1-3,7H,12H2. The molecule has 15 heavy (non-hydrogen) atoms. The summed E-state index contributed by atoms with van der Waals surface area (Å²) in [4.78, 5) is 15.0. The van der Waals surface area contributed by atoms with Gasteiger partial charge in [-0.3, -0.25) is 4.79 Å². The molecule has 0 radical (unpaired) electrons. The van der Waals surface area contributed by atoms with Crippen molar-refractivity contribution >= 4 is 45.9 Å². The Kier molecular flexibility index (Phi) is 3.02. The number of nitrogens with two attached hydrogens (primary N) is 1. The summed E-state index contributed by atoms with van der Waals surface area (Å²) in [7, 11) is 0. The first-order chi connectivity index (χ1) is 7.09. The van der Waals surface area contributed by atoms with Gasteiger partial charge in [-0.1, -0.05) is 47.1 Å². The number of carbonyl (C=O) groups excluding carboxylic acids is 1. The lowest BCUT2D eigenvalue weighted by atomic mass is 10.2. The molecule has 2 N–H and O–H groups in total. The molecule has 1 unspecified atom stereocenters. The van der Waals surface area contributed by atoms with Crippen LogP contribution in [0, 0.1) is 0 Å².